The number of amides is 1. The van der Waals surface area contributed by atoms with Gasteiger partial charge in [-0.05, 0) is 38.4 Å². The van der Waals surface area contributed by atoms with Crippen molar-refractivity contribution in [2.75, 3.05) is 39.7 Å². The van der Waals surface area contributed by atoms with Crippen molar-refractivity contribution in [2.24, 2.45) is 5.92 Å². The molecule has 0 radical (unpaired) electrons. The zero-order chi connectivity index (χ0) is 25.7. The molecular formula is C26H30N4O6. The van der Waals surface area contributed by atoms with Gasteiger partial charge in [-0.25, -0.2) is 4.79 Å². The van der Waals surface area contributed by atoms with Gasteiger partial charge in [0.1, 0.15) is 0 Å². The molecule has 10 nitrogen and oxygen atoms in total. The van der Waals surface area contributed by atoms with E-state index < -0.39 is 5.97 Å². The maximum atomic E-state index is 13.0. The summed E-state index contributed by atoms with van der Waals surface area (Å²) in [6, 6.07) is 11.0. The monoisotopic (exact) mass is 494 g/mol. The van der Waals surface area contributed by atoms with Crippen LogP contribution in [0.1, 0.15) is 34.7 Å². The smallest absolute Gasteiger partial charge is 0.340 e. The molecule has 0 unspecified atom stereocenters. The zero-order valence-electron chi connectivity index (χ0n) is 20.9. The molecule has 10 heteroatoms. The molecule has 1 aliphatic rings. The molecular weight excluding hydrogens is 464 g/mol. The van der Waals surface area contributed by atoms with Crippen molar-refractivity contribution in [3.63, 3.8) is 0 Å². The van der Waals surface area contributed by atoms with Crippen molar-refractivity contribution in [1.29, 1.82) is 0 Å². The van der Waals surface area contributed by atoms with Crippen molar-refractivity contribution >= 4 is 17.6 Å². The van der Waals surface area contributed by atoms with Gasteiger partial charge in [0, 0.05) is 23.6 Å². The van der Waals surface area contributed by atoms with Crippen LogP contribution in [0.3, 0.4) is 0 Å². The minimum atomic E-state index is -0.578. The Labute approximate surface area is 209 Å². The summed E-state index contributed by atoms with van der Waals surface area (Å²) < 4.78 is 20.9. The predicted octanol–water partition coefficient (Wildman–Crippen LogP) is 3.70. The number of likely N-dealkylation sites (tertiary alicyclic amines) is 1. The standard InChI is InChI=1S/C26H30N4O6/c1-16-7-5-6-8-18(16)24-28-23(36-29-24)15-30-11-9-17(10-12-30)25(31)27-20-14-22(34-3)21(33-2)13-19(20)26(32)35-4/h5-8,13-14,17H,9-12,15H2,1-4H3,(H,27,31). The first-order chi connectivity index (χ1) is 17.4. The Balaban J connectivity index is 1.37. The summed E-state index contributed by atoms with van der Waals surface area (Å²) in [6.07, 6.45) is 1.32. The Bertz CT molecular complexity index is 1230. The van der Waals surface area contributed by atoms with E-state index in [1.54, 1.807) is 6.07 Å². The predicted molar refractivity (Wildman–Crippen MR) is 132 cm³/mol. The topological polar surface area (TPSA) is 116 Å². The summed E-state index contributed by atoms with van der Waals surface area (Å²) in [7, 11) is 4.25. The second-order valence-corrected chi connectivity index (χ2v) is 8.61. The first-order valence-corrected chi connectivity index (χ1v) is 11.7. The maximum absolute atomic E-state index is 13.0. The number of hydrogen-bond donors (Lipinski definition) is 1. The summed E-state index contributed by atoms with van der Waals surface area (Å²) >= 11 is 0. The summed E-state index contributed by atoms with van der Waals surface area (Å²) in [4.78, 5) is 32.1. The number of nitrogens with zero attached hydrogens (tertiary/aromatic N) is 3. The molecule has 1 saturated heterocycles. The molecule has 0 bridgehead atoms. The number of methoxy groups -OCH3 is 3. The van der Waals surface area contributed by atoms with E-state index in [0.717, 1.165) is 11.1 Å². The van der Waals surface area contributed by atoms with E-state index >= 15 is 0 Å². The van der Waals surface area contributed by atoms with Gasteiger partial charge in [0.25, 0.3) is 0 Å². The summed E-state index contributed by atoms with van der Waals surface area (Å²) in [5.74, 6) is 0.955. The van der Waals surface area contributed by atoms with Gasteiger partial charge in [-0.15, -0.1) is 0 Å². The molecule has 0 atom stereocenters. The molecule has 0 saturated carbocycles. The fraction of sp³-hybridized carbons (Fsp3) is 0.385. The second kappa shape index (κ2) is 11.2. The molecule has 36 heavy (non-hydrogen) atoms. The second-order valence-electron chi connectivity index (χ2n) is 8.61. The molecule has 4 rings (SSSR count). The third-order valence-electron chi connectivity index (χ3n) is 6.36. The van der Waals surface area contributed by atoms with Crippen LogP contribution in [0, 0.1) is 12.8 Å². The maximum Gasteiger partial charge on any atom is 0.340 e. The average molecular weight is 495 g/mol. The van der Waals surface area contributed by atoms with E-state index in [-0.39, 0.29) is 17.4 Å². The first-order valence-electron chi connectivity index (χ1n) is 11.7. The van der Waals surface area contributed by atoms with Crippen molar-refractivity contribution in [1.82, 2.24) is 15.0 Å². The normalized spacial score (nSPS) is 14.3. The number of anilines is 1. The number of benzene rings is 2. The van der Waals surface area contributed by atoms with Gasteiger partial charge in [-0.3, -0.25) is 9.69 Å². The molecule has 1 amide bonds. The van der Waals surface area contributed by atoms with E-state index in [1.165, 1.54) is 27.4 Å². The lowest BCUT2D eigenvalue weighted by Gasteiger charge is -2.30. The Morgan fingerprint density at radius 3 is 2.44 bits per heavy atom. The highest BCUT2D eigenvalue weighted by atomic mass is 16.5. The number of ether oxygens (including phenoxy) is 3. The number of hydrogen-bond acceptors (Lipinski definition) is 9. The number of esters is 1. The van der Waals surface area contributed by atoms with Crippen LogP contribution in [-0.2, 0) is 16.1 Å². The lowest BCUT2D eigenvalue weighted by molar-refractivity contribution is -0.121. The Kier molecular flexibility index (Phi) is 7.84. The molecule has 1 aliphatic heterocycles. The zero-order valence-corrected chi connectivity index (χ0v) is 20.9. The lowest BCUT2D eigenvalue weighted by atomic mass is 9.95. The number of nitrogens with one attached hydrogen (secondary N) is 1. The SMILES string of the molecule is COC(=O)c1cc(OC)c(OC)cc1NC(=O)C1CCN(Cc2nc(-c3ccccc3C)no2)CC1. The minimum absolute atomic E-state index is 0.161. The lowest BCUT2D eigenvalue weighted by Crippen LogP contribution is -2.38. The van der Waals surface area contributed by atoms with Crippen LogP contribution in [0.2, 0.25) is 0 Å². The van der Waals surface area contributed by atoms with Gasteiger partial charge in [0.15, 0.2) is 11.5 Å². The van der Waals surface area contributed by atoms with E-state index in [1.807, 2.05) is 31.2 Å². The van der Waals surface area contributed by atoms with Crippen LogP contribution in [0.5, 0.6) is 11.5 Å². The largest absolute Gasteiger partial charge is 0.493 e. The summed E-state index contributed by atoms with van der Waals surface area (Å²) in [6.45, 7) is 3.94. The van der Waals surface area contributed by atoms with Gasteiger partial charge in [0.05, 0.1) is 39.1 Å². The van der Waals surface area contributed by atoms with E-state index in [0.29, 0.717) is 61.4 Å². The summed E-state index contributed by atoms with van der Waals surface area (Å²) in [5.41, 5.74) is 2.55. The van der Waals surface area contributed by atoms with Crippen LogP contribution in [0.4, 0.5) is 5.69 Å². The minimum Gasteiger partial charge on any atom is -0.493 e. The molecule has 0 spiro atoms. The van der Waals surface area contributed by atoms with E-state index in [4.69, 9.17) is 18.7 Å². The Hall–Kier alpha value is -3.92. The van der Waals surface area contributed by atoms with Gasteiger partial charge >= 0.3 is 5.97 Å². The molecule has 190 valence electrons. The fourth-order valence-corrected chi connectivity index (χ4v) is 4.29. The molecule has 3 aromatic rings. The van der Waals surface area contributed by atoms with Crippen molar-refractivity contribution in [2.45, 2.75) is 26.3 Å². The first kappa shape index (κ1) is 25.2. The van der Waals surface area contributed by atoms with Crippen molar-refractivity contribution in [3.8, 4) is 22.9 Å². The van der Waals surface area contributed by atoms with Crippen molar-refractivity contribution in [3.05, 3.63) is 53.4 Å². The number of aromatic nitrogens is 2. The average Bonchev–Trinajstić information content (AvgIpc) is 3.36. The highest BCUT2D eigenvalue weighted by molar-refractivity contribution is 6.02. The van der Waals surface area contributed by atoms with Crippen LogP contribution in [-0.4, -0.2) is 61.3 Å². The van der Waals surface area contributed by atoms with Gasteiger partial charge in [-0.1, -0.05) is 29.4 Å². The van der Waals surface area contributed by atoms with Gasteiger partial charge in [0.2, 0.25) is 17.6 Å². The van der Waals surface area contributed by atoms with Gasteiger partial charge < -0.3 is 24.1 Å². The highest BCUT2D eigenvalue weighted by Crippen LogP contribution is 2.34. The number of aryl methyl sites for hydroxylation is 1. The molecule has 1 aromatic heterocycles. The highest BCUT2D eigenvalue weighted by Gasteiger charge is 2.28. The van der Waals surface area contributed by atoms with Crippen LogP contribution < -0.4 is 14.8 Å². The number of piperidine rings is 1. The molecule has 2 aromatic carbocycles. The molecule has 0 aliphatic carbocycles. The van der Waals surface area contributed by atoms with Crippen LogP contribution in [0.15, 0.2) is 40.9 Å². The molecule has 1 fully saturated rings. The van der Waals surface area contributed by atoms with E-state index in [9.17, 15) is 9.59 Å². The molecule has 2 heterocycles. The number of rotatable bonds is 8. The van der Waals surface area contributed by atoms with Crippen LogP contribution >= 0.6 is 0 Å². The summed E-state index contributed by atoms with van der Waals surface area (Å²) in [5, 5.41) is 7.00. The van der Waals surface area contributed by atoms with Crippen LogP contribution in [0.25, 0.3) is 11.4 Å². The van der Waals surface area contributed by atoms with E-state index in [2.05, 4.69) is 20.4 Å². The third kappa shape index (κ3) is 5.49. The third-order valence-corrected chi connectivity index (χ3v) is 6.36. The fourth-order valence-electron chi connectivity index (χ4n) is 4.29. The molecule has 1 N–H and O–H groups in total. The number of carbonyl (C=O) groups is 2. The quantitative estimate of drug-likeness (QED) is 0.468. The number of carbonyl (C=O) groups excluding carboxylic acids is 2. The van der Waals surface area contributed by atoms with Crippen molar-refractivity contribution < 1.29 is 28.3 Å². The Morgan fingerprint density at radius 2 is 1.78 bits per heavy atom. The Morgan fingerprint density at radius 1 is 1.08 bits per heavy atom. The van der Waals surface area contributed by atoms with Gasteiger partial charge in [-0.2, -0.15) is 4.98 Å².